The van der Waals surface area contributed by atoms with Crippen LogP contribution in [0.3, 0.4) is 0 Å². The highest BCUT2D eigenvalue weighted by Crippen LogP contribution is 2.28. The van der Waals surface area contributed by atoms with E-state index in [4.69, 9.17) is 9.47 Å². The number of nitrogens with zero attached hydrogens (tertiary/aromatic N) is 1. The first kappa shape index (κ1) is 16.9. The second-order valence-corrected chi connectivity index (χ2v) is 5.33. The first-order valence-corrected chi connectivity index (χ1v) is 7.70. The molecule has 0 aromatic heterocycles. The summed E-state index contributed by atoms with van der Waals surface area (Å²) in [5.74, 6) is 1.61. The maximum Gasteiger partial charge on any atom is 0.226 e. The van der Waals surface area contributed by atoms with Gasteiger partial charge >= 0.3 is 0 Å². The smallest absolute Gasteiger partial charge is 0.226 e. The van der Waals surface area contributed by atoms with Crippen molar-refractivity contribution in [2.24, 2.45) is 0 Å². The van der Waals surface area contributed by atoms with Crippen molar-refractivity contribution in [3.63, 3.8) is 0 Å². The van der Waals surface area contributed by atoms with Crippen molar-refractivity contribution < 1.29 is 14.3 Å². The molecule has 0 aliphatic heterocycles. The van der Waals surface area contributed by atoms with Gasteiger partial charge in [0, 0.05) is 12.6 Å². The second kappa shape index (κ2) is 8.22. The Kier molecular flexibility index (Phi) is 6.03. The van der Waals surface area contributed by atoms with Crippen LogP contribution < -0.4 is 9.47 Å². The van der Waals surface area contributed by atoms with E-state index in [9.17, 15) is 4.79 Å². The zero-order valence-corrected chi connectivity index (χ0v) is 13.9. The van der Waals surface area contributed by atoms with Gasteiger partial charge in [-0.05, 0) is 25.1 Å². The molecule has 2 rings (SSSR count). The van der Waals surface area contributed by atoms with Gasteiger partial charge in [-0.1, -0.05) is 36.4 Å². The topological polar surface area (TPSA) is 38.8 Å². The molecule has 4 nitrogen and oxygen atoms in total. The summed E-state index contributed by atoms with van der Waals surface area (Å²) in [6.45, 7) is 2.36. The van der Waals surface area contributed by atoms with Crippen LogP contribution in [0.5, 0.6) is 11.5 Å². The summed E-state index contributed by atoms with van der Waals surface area (Å²) in [4.78, 5) is 14.1. The molecule has 0 spiro atoms. The fourth-order valence-electron chi connectivity index (χ4n) is 2.39. The number of rotatable bonds is 7. The molecular formula is C19H23NO3. The van der Waals surface area contributed by atoms with Crippen molar-refractivity contribution in [1.29, 1.82) is 0 Å². The van der Waals surface area contributed by atoms with Gasteiger partial charge in [-0.15, -0.1) is 0 Å². The normalized spacial score (nSPS) is 11.6. The van der Waals surface area contributed by atoms with E-state index >= 15 is 0 Å². The Hall–Kier alpha value is -2.49. The predicted molar refractivity (Wildman–Crippen MR) is 90.7 cm³/mol. The van der Waals surface area contributed by atoms with Crippen molar-refractivity contribution in [2.75, 3.05) is 20.8 Å². The number of methoxy groups -OCH3 is 1. The van der Waals surface area contributed by atoms with Crippen LogP contribution in [0.15, 0.2) is 54.6 Å². The monoisotopic (exact) mass is 313 g/mol. The van der Waals surface area contributed by atoms with Crippen LogP contribution in [0.4, 0.5) is 0 Å². The summed E-state index contributed by atoms with van der Waals surface area (Å²) in [6, 6.07) is 17.2. The molecule has 4 heteroatoms. The Morgan fingerprint density at radius 2 is 1.74 bits per heavy atom. The average molecular weight is 313 g/mol. The number of carbonyl (C=O) groups is 1. The fourth-order valence-corrected chi connectivity index (χ4v) is 2.39. The van der Waals surface area contributed by atoms with Gasteiger partial charge in [-0.3, -0.25) is 4.79 Å². The Labute approximate surface area is 137 Å². The SMILES string of the molecule is COc1ccccc1C(C)N(C)C(=O)CCOc1ccccc1. The molecule has 0 saturated carbocycles. The Bertz CT molecular complexity index is 628. The third kappa shape index (κ3) is 4.49. The molecule has 23 heavy (non-hydrogen) atoms. The van der Waals surface area contributed by atoms with Gasteiger partial charge in [0.15, 0.2) is 0 Å². The minimum Gasteiger partial charge on any atom is -0.496 e. The van der Waals surface area contributed by atoms with Crippen LogP contribution in [-0.2, 0) is 4.79 Å². The molecule has 0 heterocycles. The predicted octanol–water partition coefficient (Wildman–Crippen LogP) is 3.68. The second-order valence-electron chi connectivity index (χ2n) is 5.33. The van der Waals surface area contributed by atoms with Crippen molar-refractivity contribution in [3.8, 4) is 11.5 Å². The van der Waals surface area contributed by atoms with Gasteiger partial charge in [-0.25, -0.2) is 0 Å². The number of hydrogen-bond acceptors (Lipinski definition) is 3. The summed E-state index contributed by atoms with van der Waals surface area (Å²) in [5.41, 5.74) is 0.995. The number of benzene rings is 2. The van der Waals surface area contributed by atoms with Crippen LogP contribution in [0.1, 0.15) is 24.9 Å². The number of para-hydroxylation sites is 2. The molecule has 122 valence electrons. The lowest BCUT2D eigenvalue weighted by Crippen LogP contribution is -2.30. The molecule has 1 amide bonds. The minimum absolute atomic E-state index is 0.0411. The summed E-state index contributed by atoms with van der Waals surface area (Å²) in [6.07, 6.45) is 0.338. The highest BCUT2D eigenvalue weighted by atomic mass is 16.5. The maximum atomic E-state index is 12.4. The Balaban J connectivity index is 1.91. The fraction of sp³-hybridized carbons (Fsp3) is 0.316. The summed E-state index contributed by atoms with van der Waals surface area (Å²) >= 11 is 0. The zero-order chi connectivity index (χ0) is 16.7. The molecule has 2 aromatic rings. The molecule has 0 aliphatic carbocycles. The largest absolute Gasteiger partial charge is 0.496 e. The molecule has 0 radical (unpaired) electrons. The number of amides is 1. The van der Waals surface area contributed by atoms with Gasteiger partial charge in [0.2, 0.25) is 5.91 Å². The lowest BCUT2D eigenvalue weighted by atomic mass is 10.1. The zero-order valence-electron chi connectivity index (χ0n) is 13.9. The van der Waals surface area contributed by atoms with E-state index in [1.807, 2.05) is 68.6 Å². The van der Waals surface area contributed by atoms with Gasteiger partial charge in [0.25, 0.3) is 0 Å². The molecule has 0 fully saturated rings. The summed E-state index contributed by atoms with van der Waals surface area (Å²) < 4.78 is 11.0. The third-order valence-corrected chi connectivity index (χ3v) is 3.89. The number of ether oxygens (including phenoxy) is 2. The molecule has 0 N–H and O–H groups in total. The lowest BCUT2D eigenvalue weighted by Gasteiger charge is -2.26. The highest BCUT2D eigenvalue weighted by molar-refractivity contribution is 5.76. The minimum atomic E-state index is -0.0598. The van der Waals surface area contributed by atoms with Crippen LogP contribution in [0, 0.1) is 0 Å². The van der Waals surface area contributed by atoms with Gasteiger partial charge in [-0.2, -0.15) is 0 Å². The van der Waals surface area contributed by atoms with Crippen LogP contribution in [-0.4, -0.2) is 31.6 Å². The van der Waals surface area contributed by atoms with E-state index in [-0.39, 0.29) is 11.9 Å². The number of hydrogen-bond donors (Lipinski definition) is 0. The van der Waals surface area contributed by atoms with E-state index in [1.165, 1.54) is 0 Å². The lowest BCUT2D eigenvalue weighted by molar-refractivity contribution is -0.132. The Morgan fingerprint density at radius 1 is 1.09 bits per heavy atom. The van der Waals surface area contributed by atoms with Crippen LogP contribution >= 0.6 is 0 Å². The van der Waals surface area contributed by atoms with Crippen molar-refractivity contribution >= 4 is 5.91 Å². The van der Waals surface area contributed by atoms with Crippen LogP contribution in [0.2, 0.25) is 0 Å². The molecule has 2 aromatic carbocycles. The summed E-state index contributed by atoms with van der Waals surface area (Å²) in [5, 5.41) is 0. The molecular weight excluding hydrogens is 290 g/mol. The van der Waals surface area contributed by atoms with Gasteiger partial charge in [0.1, 0.15) is 11.5 Å². The van der Waals surface area contributed by atoms with E-state index in [1.54, 1.807) is 12.0 Å². The van der Waals surface area contributed by atoms with E-state index < -0.39 is 0 Å². The van der Waals surface area contributed by atoms with Crippen LogP contribution in [0.25, 0.3) is 0 Å². The first-order chi connectivity index (χ1) is 11.1. The maximum absolute atomic E-state index is 12.4. The molecule has 1 atom stereocenters. The molecule has 1 unspecified atom stereocenters. The first-order valence-electron chi connectivity index (χ1n) is 7.70. The van der Waals surface area contributed by atoms with Gasteiger partial charge in [0.05, 0.1) is 26.2 Å². The van der Waals surface area contributed by atoms with Crippen molar-refractivity contribution in [3.05, 3.63) is 60.2 Å². The van der Waals surface area contributed by atoms with E-state index in [2.05, 4.69) is 0 Å². The van der Waals surface area contributed by atoms with E-state index in [0.717, 1.165) is 17.1 Å². The molecule has 0 bridgehead atoms. The van der Waals surface area contributed by atoms with Crippen molar-refractivity contribution in [2.45, 2.75) is 19.4 Å². The molecule has 0 aliphatic rings. The number of carbonyl (C=O) groups excluding carboxylic acids is 1. The Morgan fingerprint density at radius 3 is 2.43 bits per heavy atom. The summed E-state index contributed by atoms with van der Waals surface area (Å²) in [7, 11) is 3.45. The average Bonchev–Trinajstić information content (AvgIpc) is 2.61. The highest BCUT2D eigenvalue weighted by Gasteiger charge is 2.20. The quantitative estimate of drug-likeness (QED) is 0.782. The molecule has 0 saturated heterocycles. The standard InChI is InChI=1S/C19H23NO3/c1-15(17-11-7-8-12-18(17)22-3)20(2)19(21)13-14-23-16-9-5-4-6-10-16/h4-12,15H,13-14H2,1-3H3. The van der Waals surface area contributed by atoms with Crippen molar-refractivity contribution in [1.82, 2.24) is 4.90 Å². The third-order valence-electron chi connectivity index (χ3n) is 3.89. The van der Waals surface area contributed by atoms with E-state index in [0.29, 0.717) is 13.0 Å². The van der Waals surface area contributed by atoms with Gasteiger partial charge < -0.3 is 14.4 Å².